The van der Waals surface area contributed by atoms with E-state index in [1.165, 1.54) is 6.08 Å². The summed E-state index contributed by atoms with van der Waals surface area (Å²) >= 11 is 0. The molecule has 0 spiro atoms. The molecule has 0 aliphatic carbocycles. The van der Waals surface area contributed by atoms with E-state index in [2.05, 4.69) is 15.4 Å². The van der Waals surface area contributed by atoms with Gasteiger partial charge in [0.15, 0.2) is 5.82 Å². The van der Waals surface area contributed by atoms with Crippen LogP contribution < -0.4 is 5.32 Å². The van der Waals surface area contributed by atoms with Crippen molar-refractivity contribution in [3.8, 4) is 5.82 Å². The normalized spacial score (nSPS) is 11.2. The molecule has 0 bridgehead atoms. The Kier molecular flexibility index (Phi) is 4.83. The van der Waals surface area contributed by atoms with Gasteiger partial charge in [-0.1, -0.05) is 24.3 Å². The minimum atomic E-state index is -0.140. The first-order valence-electron chi connectivity index (χ1n) is 6.32. The predicted octanol–water partition coefficient (Wildman–Crippen LogP) is 2.02. The molecule has 102 valence electrons. The zero-order chi connectivity index (χ0) is 14.2. The number of carbonyl (C=O) groups is 1. The summed E-state index contributed by atoms with van der Waals surface area (Å²) in [6.45, 7) is 2.30. The van der Waals surface area contributed by atoms with Crippen LogP contribution >= 0.6 is 0 Å². The lowest BCUT2D eigenvalue weighted by Gasteiger charge is -2.08. The number of aromatic nitrogens is 3. The average molecular weight is 268 g/mol. The van der Waals surface area contributed by atoms with E-state index >= 15 is 0 Å². The summed E-state index contributed by atoms with van der Waals surface area (Å²) in [6.07, 6.45) is 12.1. The van der Waals surface area contributed by atoms with Crippen molar-refractivity contribution >= 4 is 5.91 Å². The zero-order valence-electron chi connectivity index (χ0n) is 11.2. The molecule has 0 aliphatic rings. The Morgan fingerprint density at radius 1 is 1.35 bits per heavy atom. The van der Waals surface area contributed by atoms with Gasteiger partial charge in [0.25, 0.3) is 0 Å². The van der Waals surface area contributed by atoms with Crippen LogP contribution in [-0.2, 0) is 11.3 Å². The molecule has 0 unspecified atom stereocenters. The lowest BCUT2D eigenvalue weighted by molar-refractivity contribution is -0.116. The molecule has 0 fully saturated rings. The number of allylic oxidation sites excluding steroid dienone is 3. The highest BCUT2D eigenvalue weighted by molar-refractivity contribution is 5.87. The molecule has 0 aromatic carbocycles. The van der Waals surface area contributed by atoms with Gasteiger partial charge in [-0.15, -0.1) is 0 Å². The van der Waals surface area contributed by atoms with Gasteiger partial charge in [-0.3, -0.25) is 4.79 Å². The third-order valence-corrected chi connectivity index (χ3v) is 2.59. The van der Waals surface area contributed by atoms with Crippen LogP contribution in [-0.4, -0.2) is 20.7 Å². The quantitative estimate of drug-likeness (QED) is 0.666. The molecule has 2 rings (SSSR count). The van der Waals surface area contributed by atoms with Gasteiger partial charge < -0.3 is 5.32 Å². The minimum absolute atomic E-state index is 0.140. The third kappa shape index (κ3) is 3.65. The molecule has 0 saturated heterocycles. The Labute approximate surface area is 117 Å². The summed E-state index contributed by atoms with van der Waals surface area (Å²) in [6, 6.07) is 5.58. The summed E-state index contributed by atoms with van der Waals surface area (Å²) in [4.78, 5) is 15.9. The van der Waals surface area contributed by atoms with Crippen LogP contribution in [0.2, 0.25) is 0 Å². The van der Waals surface area contributed by atoms with Gasteiger partial charge in [-0.25, -0.2) is 9.67 Å². The molecular formula is C15H16N4O. The van der Waals surface area contributed by atoms with Crippen LogP contribution in [0, 0.1) is 0 Å². The Morgan fingerprint density at radius 2 is 2.25 bits per heavy atom. The SMILES string of the molecule is CC=CC=CC(=O)NCc1cccnc1-n1cccn1. The fraction of sp³-hybridized carbons (Fsp3) is 0.133. The topological polar surface area (TPSA) is 59.8 Å². The van der Waals surface area contributed by atoms with Crippen molar-refractivity contribution in [2.45, 2.75) is 13.5 Å². The van der Waals surface area contributed by atoms with Crippen molar-refractivity contribution in [1.29, 1.82) is 0 Å². The summed E-state index contributed by atoms with van der Waals surface area (Å²) in [5, 5.41) is 6.97. The molecule has 2 aromatic rings. The summed E-state index contributed by atoms with van der Waals surface area (Å²) < 4.78 is 1.68. The van der Waals surface area contributed by atoms with Crippen LogP contribution in [0.3, 0.4) is 0 Å². The van der Waals surface area contributed by atoms with Gasteiger partial charge in [-0.05, 0) is 19.1 Å². The summed E-state index contributed by atoms with van der Waals surface area (Å²) in [5.41, 5.74) is 0.906. The Hall–Kier alpha value is -2.69. The Balaban J connectivity index is 2.05. The van der Waals surface area contributed by atoms with E-state index in [-0.39, 0.29) is 5.91 Å². The summed E-state index contributed by atoms with van der Waals surface area (Å²) in [7, 11) is 0. The highest BCUT2D eigenvalue weighted by Gasteiger charge is 2.06. The van der Waals surface area contributed by atoms with Gasteiger partial charge in [0.05, 0.1) is 0 Å². The van der Waals surface area contributed by atoms with Gasteiger partial charge in [0.2, 0.25) is 5.91 Å². The first kappa shape index (κ1) is 13.7. The highest BCUT2D eigenvalue weighted by Crippen LogP contribution is 2.09. The van der Waals surface area contributed by atoms with Crippen LogP contribution in [0.4, 0.5) is 0 Å². The molecule has 2 aromatic heterocycles. The Bertz CT molecular complexity index is 615. The number of hydrogen-bond donors (Lipinski definition) is 1. The number of hydrogen-bond acceptors (Lipinski definition) is 3. The summed E-state index contributed by atoms with van der Waals surface area (Å²) in [5.74, 6) is 0.577. The van der Waals surface area contributed by atoms with Crippen molar-refractivity contribution in [3.05, 3.63) is 66.7 Å². The number of nitrogens with one attached hydrogen (secondary N) is 1. The molecule has 0 radical (unpaired) electrons. The molecule has 20 heavy (non-hydrogen) atoms. The lowest BCUT2D eigenvalue weighted by Crippen LogP contribution is -2.21. The minimum Gasteiger partial charge on any atom is -0.348 e. The largest absolute Gasteiger partial charge is 0.348 e. The van der Waals surface area contributed by atoms with E-state index in [1.54, 1.807) is 29.2 Å². The molecule has 0 aliphatic heterocycles. The number of amides is 1. The lowest BCUT2D eigenvalue weighted by atomic mass is 10.2. The first-order valence-corrected chi connectivity index (χ1v) is 6.32. The molecular weight excluding hydrogens is 252 g/mol. The van der Waals surface area contributed by atoms with E-state index in [9.17, 15) is 4.79 Å². The number of carbonyl (C=O) groups excluding carboxylic acids is 1. The molecule has 1 amide bonds. The van der Waals surface area contributed by atoms with Crippen molar-refractivity contribution in [3.63, 3.8) is 0 Å². The van der Waals surface area contributed by atoms with Crippen molar-refractivity contribution in [2.24, 2.45) is 0 Å². The van der Waals surface area contributed by atoms with Crippen LogP contribution in [0.5, 0.6) is 0 Å². The maximum Gasteiger partial charge on any atom is 0.244 e. The standard InChI is InChI=1S/C15H16N4O/c1-2-3-4-8-14(20)17-12-13-7-5-9-16-15(13)19-11-6-10-18-19/h2-11H,12H2,1H3,(H,17,20). The van der Waals surface area contributed by atoms with E-state index in [4.69, 9.17) is 0 Å². The number of nitrogens with zero attached hydrogens (tertiary/aromatic N) is 3. The molecule has 2 heterocycles. The van der Waals surface area contributed by atoms with Gasteiger partial charge in [-0.2, -0.15) is 5.10 Å². The van der Waals surface area contributed by atoms with E-state index < -0.39 is 0 Å². The van der Waals surface area contributed by atoms with Gasteiger partial charge in [0, 0.05) is 36.8 Å². The Morgan fingerprint density at radius 3 is 3.00 bits per heavy atom. The van der Waals surface area contributed by atoms with Gasteiger partial charge >= 0.3 is 0 Å². The second-order valence-electron chi connectivity index (χ2n) is 4.04. The second kappa shape index (κ2) is 7.04. The molecule has 5 heteroatoms. The van der Waals surface area contributed by atoms with E-state index in [1.807, 2.05) is 37.4 Å². The van der Waals surface area contributed by atoms with Crippen molar-refractivity contribution in [1.82, 2.24) is 20.1 Å². The molecule has 5 nitrogen and oxygen atoms in total. The second-order valence-corrected chi connectivity index (χ2v) is 4.04. The van der Waals surface area contributed by atoms with Crippen molar-refractivity contribution < 1.29 is 4.79 Å². The van der Waals surface area contributed by atoms with E-state index in [0.29, 0.717) is 6.54 Å². The molecule has 0 saturated carbocycles. The molecule has 1 N–H and O–H groups in total. The number of rotatable bonds is 5. The van der Waals surface area contributed by atoms with Crippen molar-refractivity contribution in [2.75, 3.05) is 0 Å². The smallest absolute Gasteiger partial charge is 0.244 e. The van der Waals surface area contributed by atoms with Crippen LogP contribution in [0.25, 0.3) is 5.82 Å². The maximum atomic E-state index is 11.6. The van der Waals surface area contributed by atoms with Crippen LogP contribution in [0.1, 0.15) is 12.5 Å². The highest BCUT2D eigenvalue weighted by atomic mass is 16.1. The fourth-order valence-corrected chi connectivity index (χ4v) is 1.66. The first-order chi connectivity index (χ1) is 9.81. The van der Waals surface area contributed by atoms with E-state index in [0.717, 1.165) is 11.4 Å². The number of pyridine rings is 1. The predicted molar refractivity (Wildman–Crippen MR) is 77.2 cm³/mol. The maximum absolute atomic E-state index is 11.6. The molecule has 0 atom stereocenters. The van der Waals surface area contributed by atoms with Gasteiger partial charge in [0.1, 0.15) is 0 Å². The average Bonchev–Trinajstić information content (AvgIpc) is 3.00. The zero-order valence-corrected chi connectivity index (χ0v) is 11.2. The fourth-order valence-electron chi connectivity index (χ4n) is 1.66. The monoisotopic (exact) mass is 268 g/mol. The van der Waals surface area contributed by atoms with Crippen LogP contribution in [0.15, 0.2) is 61.1 Å². The third-order valence-electron chi connectivity index (χ3n) is 2.59.